The van der Waals surface area contributed by atoms with E-state index in [2.05, 4.69) is 13.0 Å². The lowest BCUT2D eigenvalue weighted by Crippen LogP contribution is -2.46. The van der Waals surface area contributed by atoms with Crippen molar-refractivity contribution in [2.45, 2.75) is 58.3 Å². The summed E-state index contributed by atoms with van der Waals surface area (Å²) in [6, 6.07) is 0. The minimum Gasteiger partial charge on any atom is -0.385 e. The molecular formula is C21H28O3. The molecule has 2 unspecified atom stereocenters. The summed E-state index contributed by atoms with van der Waals surface area (Å²) in [6.07, 6.45) is 11.7. The summed E-state index contributed by atoms with van der Waals surface area (Å²) in [5, 5.41) is 0. The van der Waals surface area contributed by atoms with Crippen LogP contribution in [-0.4, -0.2) is 25.3 Å². The number of hydrogen-bond acceptors (Lipinski definition) is 3. The molecule has 4 atom stereocenters. The van der Waals surface area contributed by atoms with E-state index >= 15 is 0 Å². The lowest BCUT2D eigenvalue weighted by Gasteiger charge is -2.53. The summed E-state index contributed by atoms with van der Waals surface area (Å²) >= 11 is 0. The Labute approximate surface area is 144 Å². The van der Waals surface area contributed by atoms with E-state index in [4.69, 9.17) is 4.74 Å². The average molecular weight is 328 g/mol. The van der Waals surface area contributed by atoms with Crippen molar-refractivity contribution in [2.24, 2.45) is 22.7 Å². The Morgan fingerprint density at radius 3 is 2.83 bits per heavy atom. The third-order valence-corrected chi connectivity index (χ3v) is 7.53. The molecule has 24 heavy (non-hydrogen) atoms. The van der Waals surface area contributed by atoms with Gasteiger partial charge in [0, 0.05) is 37.4 Å². The van der Waals surface area contributed by atoms with Gasteiger partial charge in [-0.05, 0) is 56.4 Å². The molecule has 0 heterocycles. The van der Waals surface area contributed by atoms with Gasteiger partial charge >= 0.3 is 0 Å². The van der Waals surface area contributed by atoms with Gasteiger partial charge in [0.15, 0.2) is 5.78 Å². The van der Waals surface area contributed by atoms with Gasteiger partial charge < -0.3 is 4.74 Å². The molecule has 3 nitrogen and oxygen atoms in total. The summed E-state index contributed by atoms with van der Waals surface area (Å²) in [6.45, 7) is 2.92. The summed E-state index contributed by atoms with van der Waals surface area (Å²) in [7, 11) is 1.76. The van der Waals surface area contributed by atoms with Crippen molar-refractivity contribution in [2.75, 3.05) is 13.7 Å². The van der Waals surface area contributed by atoms with E-state index in [1.54, 1.807) is 12.7 Å². The van der Waals surface area contributed by atoms with Crippen LogP contribution in [-0.2, 0) is 14.3 Å². The highest BCUT2D eigenvalue weighted by Gasteiger charge is 2.56. The second-order valence-corrected chi connectivity index (χ2v) is 8.46. The molecule has 4 aliphatic carbocycles. The number of fused-ring (bicyclic) bond motifs is 5. The van der Waals surface area contributed by atoms with Crippen LogP contribution in [0.4, 0.5) is 0 Å². The fourth-order valence-electron chi connectivity index (χ4n) is 6.17. The number of Topliss-reactive ketones (excluding diaryl/α,β-unsaturated/α-hetero) is 1. The SMILES string of the molecule is COCC[C@]12CCC(=O)C=C1CCC1C2=CC[C@]2(C)C(=O)CCC12. The Hall–Kier alpha value is -1.22. The molecule has 0 radical (unpaired) electrons. The first-order valence-corrected chi connectivity index (χ1v) is 9.48. The third-order valence-electron chi connectivity index (χ3n) is 7.53. The minimum absolute atomic E-state index is 0.0276. The van der Waals surface area contributed by atoms with Crippen LogP contribution in [0.15, 0.2) is 23.3 Å². The highest BCUT2D eigenvalue weighted by atomic mass is 16.5. The highest BCUT2D eigenvalue weighted by Crippen LogP contribution is 2.63. The van der Waals surface area contributed by atoms with Crippen molar-refractivity contribution in [3.05, 3.63) is 23.3 Å². The topological polar surface area (TPSA) is 43.4 Å². The van der Waals surface area contributed by atoms with E-state index in [-0.39, 0.29) is 16.6 Å². The van der Waals surface area contributed by atoms with Crippen LogP contribution in [0.25, 0.3) is 0 Å². The van der Waals surface area contributed by atoms with Crippen molar-refractivity contribution >= 4 is 11.6 Å². The fourth-order valence-corrected chi connectivity index (χ4v) is 6.17. The maximum atomic E-state index is 12.5. The zero-order chi connectivity index (χ0) is 16.9. The van der Waals surface area contributed by atoms with Gasteiger partial charge in [0.25, 0.3) is 0 Å². The minimum atomic E-state index is -0.137. The summed E-state index contributed by atoms with van der Waals surface area (Å²) < 4.78 is 5.42. The van der Waals surface area contributed by atoms with Gasteiger partial charge in [0.05, 0.1) is 0 Å². The van der Waals surface area contributed by atoms with Gasteiger partial charge in [-0.3, -0.25) is 9.59 Å². The third kappa shape index (κ3) is 2.13. The number of rotatable bonds is 3. The van der Waals surface area contributed by atoms with Crippen LogP contribution < -0.4 is 0 Å². The Bertz CT molecular complexity index is 643. The molecule has 0 aromatic heterocycles. The zero-order valence-electron chi connectivity index (χ0n) is 14.9. The Balaban J connectivity index is 1.77. The second-order valence-electron chi connectivity index (χ2n) is 8.46. The predicted octanol–water partition coefficient (Wildman–Crippen LogP) is 4.02. The monoisotopic (exact) mass is 328 g/mol. The van der Waals surface area contributed by atoms with Gasteiger partial charge in [-0.15, -0.1) is 0 Å². The summed E-state index contributed by atoms with van der Waals surface area (Å²) in [5.74, 6) is 1.78. The van der Waals surface area contributed by atoms with Crippen molar-refractivity contribution in [3.8, 4) is 0 Å². The van der Waals surface area contributed by atoms with E-state index < -0.39 is 0 Å². The van der Waals surface area contributed by atoms with Crippen molar-refractivity contribution in [1.82, 2.24) is 0 Å². The Kier molecular flexibility index (Phi) is 3.83. The molecular weight excluding hydrogens is 300 g/mol. The molecule has 130 valence electrons. The van der Waals surface area contributed by atoms with Gasteiger partial charge in [-0.25, -0.2) is 0 Å². The molecule has 0 N–H and O–H groups in total. The number of carbonyl (C=O) groups is 2. The lowest BCUT2D eigenvalue weighted by atomic mass is 9.50. The van der Waals surface area contributed by atoms with E-state index in [1.165, 1.54) is 5.57 Å². The quantitative estimate of drug-likeness (QED) is 0.735. The standard InChI is InChI=1S/C21H28O3/c1-20-9-8-18-16(17(20)5-6-19(20)23)4-3-14-13-15(22)7-10-21(14,18)11-12-24-2/h8,13,16-17H,3-7,9-12H2,1-2H3/t16?,17?,20-,21+/m0/s1. The number of allylic oxidation sites excluding steroid dienone is 4. The maximum Gasteiger partial charge on any atom is 0.155 e. The average Bonchev–Trinajstić information content (AvgIpc) is 2.88. The fraction of sp³-hybridized carbons (Fsp3) is 0.714. The van der Waals surface area contributed by atoms with Crippen LogP contribution in [0.5, 0.6) is 0 Å². The summed E-state index contributed by atoms with van der Waals surface area (Å²) in [4.78, 5) is 24.5. The smallest absolute Gasteiger partial charge is 0.155 e. The van der Waals surface area contributed by atoms with Crippen molar-refractivity contribution < 1.29 is 14.3 Å². The number of methoxy groups -OCH3 is 1. The lowest BCUT2D eigenvalue weighted by molar-refractivity contribution is -0.127. The van der Waals surface area contributed by atoms with E-state index in [0.717, 1.165) is 51.6 Å². The van der Waals surface area contributed by atoms with Gasteiger partial charge in [0.2, 0.25) is 0 Å². The van der Waals surface area contributed by atoms with Crippen LogP contribution in [0.2, 0.25) is 0 Å². The normalized spacial score (nSPS) is 41.2. The van der Waals surface area contributed by atoms with Crippen LogP contribution >= 0.6 is 0 Å². The molecule has 2 fully saturated rings. The molecule has 0 aliphatic heterocycles. The first-order chi connectivity index (χ1) is 11.5. The molecule has 4 aliphatic rings. The van der Waals surface area contributed by atoms with E-state index in [0.29, 0.717) is 24.0 Å². The molecule has 2 saturated carbocycles. The maximum absolute atomic E-state index is 12.5. The summed E-state index contributed by atoms with van der Waals surface area (Å²) in [5.41, 5.74) is 2.77. The number of ether oxygens (including phenoxy) is 1. The zero-order valence-corrected chi connectivity index (χ0v) is 14.9. The largest absolute Gasteiger partial charge is 0.385 e. The Morgan fingerprint density at radius 2 is 2.04 bits per heavy atom. The van der Waals surface area contributed by atoms with Gasteiger partial charge in [-0.2, -0.15) is 0 Å². The van der Waals surface area contributed by atoms with Crippen LogP contribution in [0.1, 0.15) is 58.3 Å². The van der Waals surface area contributed by atoms with Crippen molar-refractivity contribution in [3.63, 3.8) is 0 Å². The molecule has 0 aromatic rings. The first-order valence-electron chi connectivity index (χ1n) is 9.48. The highest BCUT2D eigenvalue weighted by molar-refractivity contribution is 5.92. The van der Waals surface area contributed by atoms with Crippen LogP contribution in [0, 0.1) is 22.7 Å². The van der Waals surface area contributed by atoms with Crippen LogP contribution in [0.3, 0.4) is 0 Å². The molecule has 4 rings (SSSR count). The van der Waals surface area contributed by atoms with Gasteiger partial charge in [0.1, 0.15) is 5.78 Å². The first kappa shape index (κ1) is 16.3. The predicted molar refractivity (Wildman–Crippen MR) is 92.5 cm³/mol. The number of carbonyl (C=O) groups excluding carboxylic acids is 2. The Morgan fingerprint density at radius 1 is 1.21 bits per heavy atom. The molecule has 3 heteroatoms. The molecule has 0 amide bonds. The number of ketones is 2. The van der Waals surface area contributed by atoms with Gasteiger partial charge in [-0.1, -0.05) is 24.1 Å². The van der Waals surface area contributed by atoms with Crippen molar-refractivity contribution in [1.29, 1.82) is 0 Å². The van der Waals surface area contributed by atoms with E-state index in [1.807, 2.05) is 6.08 Å². The molecule has 0 spiro atoms. The number of hydrogen-bond donors (Lipinski definition) is 0. The molecule has 0 bridgehead atoms. The molecule has 0 saturated heterocycles. The molecule has 0 aromatic carbocycles. The second kappa shape index (κ2) is 5.66. The van der Waals surface area contributed by atoms with E-state index in [9.17, 15) is 9.59 Å².